The highest BCUT2D eigenvalue weighted by atomic mass is 19.4. The van der Waals surface area contributed by atoms with E-state index >= 15 is 0 Å². The number of benzene rings is 1. The lowest BCUT2D eigenvalue weighted by atomic mass is 9.83. The number of aliphatic hydroxyl groups excluding tert-OH is 1. The molecule has 2 aromatic heterocycles. The summed E-state index contributed by atoms with van der Waals surface area (Å²) in [5.41, 5.74) is 1.71. The first kappa shape index (κ1) is 20.3. The highest BCUT2D eigenvalue weighted by Gasteiger charge is 2.38. The molecule has 3 N–H and O–H groups in total. The standard InChI is InChI=1S/C22H24F3N5O/c23-22(24,25)18-9-16-20(28-18)26-12-27-21(16)29-19-15-4-2-1-3-14(15)5-6-17(19)30-8-7-13(10-30)11-31/h1-4,9,12-13,17,19,31H,5-8,10-11H2,(H2,26,27,28,29). The third-order valence-electron chi connectivity index (χ3n) is 6.55. The van der Waals surface area contributed by atoms with E-state index in [0.717, 1.165) is 44.0 Å². The summed E-state index contributed by atoms with van der Waals surface area (Å²) in [6.07, 6.45) is -0.371. The molecular formula is C22H24F3N5O. The number of aromatic amines is 1. The van der Waals surface area contributed by atoms with Gasteiger partial charge in [-0.15, -0.1) is 0 Å². The Bertz CT molecular complexity index is 1080. The number of H-pyrrole nitrogens is 1. The van der Waals surface area contributed by atoms with Crippen LogP contribution >= 0.6 is 0 Å². The van der Waals surface area contributed by atoms with Gasteiger partial charge in [0.1, 0.15) is 23.5 Å². The van der Waals surface area contributed by atoms with Crippen molar-refractivity contribution in [2.45, 2.75) is 37.5 Å². The zero-order valence-electron chi connectivity index (χ0n) is 16.9. The lowest BCUT2D eigenvalue weighted by Gasteiger charge is -2.40. The predicted molar refractivity (Wildman–Crippen MR) is 111 cm³/mol. The van der Waals surface area contributed by atoms with Gasteiger partial charge in [0.05, 0.1) is 11.4 Å². The van der Waals surface area contributed by atoms with Crippen molar-refractivity contribution in [3.63, 3.8) is 0 Å². The van der Waals surface area contributed by atoms with Gasteiger partial charge in [-0.2, -0.15) is 13.2 Å². The number of fused-ring (bicyclic) bond motifs is 2. The van der Waals surface area contributed by atoms with Crippen molar-refractivity contribution in [3.8, 4) is 0 Å². The van der Waals surface area contributed by atoms with E-state index in [9.17, 15) is 18.3 Å². The third-order valence-corrected chi connectivity index (χ3v) is 6.55. The van der Waals surface area contributed by atoms with E-state index in [-0.39, 0.29) is 30.3 Å². The summed E-state index contributed by atoms with van der Waals surface area (Å²) in [6, 6.07) is 9.30. The average molecular weight is 431 g/mol. The second kappa shape index (κ2) is 7.80. The molecule has 5 rings (SSSR count). The maximum Gasteiger partial charge on any atom is 0.431 e. The largest absolute Gasteiger partial charge is 0.431 e. The number of aliphatic hydroxyl groups is 1. The fraction of sp³-hybridized carbons (Fsp3) is 0.455. The first-order valence-corrected chi connectivity index (χ1v) is 10.5. The van der Waals surface area contributed by atoms with E-state index in [1.807, 2.05) is 12.1 Å². The Hall–Kier alpha value is -2.65. The Morgan fingerprint density at radius 1 is 1.19 bits per heavy atom. The van der Waals surface area contributed by atoms with Gasteiger partial charge in [-0.3, -0.25) is 4.90 Å². The molecule has 3 heterocycles. The van der Waals surface area contributed by atoms with Gasteiger partial charge in [-0.25, -0.2) is 9.97 Å². The van der Waals surface area contributed by atoms with Crippen LogP contribution < -0.4 is 5.32 Å². The molecule has 0 amide bonds. The maximum absolute atomic E-state index is 13.2. The highest BCUT2D eigenvalue weighted by Crippen LogP contribution is 2.39. The minimum absolute atomic E-state index is 0.121. The van der Waals surface area contributed by atoms with Crippen LogP contribution in [-0.4, -0.2) is 50.7 Å². The molecule has 1 aliphatic carbocycles. The number of aromatic nitrogens is 3. The number of alkyl halides is 3. The lowest BCUT2D eigenvalue weighted by Crippen LogP contribution is -2.44. The van der Waals surface area contributed by atoms with Crippen LogP contribution in [0.2, 0.25) is 0 Å². The molecule has 3 aromatic rings. The number of aryl methyl sites for hydroxylation is 1. The van der Waals surface area contributed by atoms with Crippen LogP contribution in [-0.2, 0) is 12.6 Å². The van der Waals surface area contributed by atoms with Gasteiger partial charge in [0, 0.05) is 19.2 Å². The van der Waals surface area contributed by atoms with E-state index in [4.69, 9.17) is 0 Å². The smallest absolute Gasteiger partial charge is 0.396 e. The topological polar surface area (TPSA) is 77.1 Å². The fourth-order valence-electron chi connectivity index (χ4n) is 4.98. The highest BCUT2D eigenvalue weighted by molar-refractivity contribution is 5.88. The zero-order valence-corrected chi connectivity index (χ0v) is 16.9. The number of anilines is 1. The molecule has 3 atom stereocenters. The number of hydrogen-bond donors (Lipinski definition) is 3. The number of halogens is 3. The lowest BCUT2D eigenvalue weighted by molar-refractivity contribution is -0.140. The van der Waals surface area contributed by atoms with E-state index in [1.54, 1.807) is 0 Å². The number of likely N-dealkylation sites (tertiary alicyclic amines) is 1. The second-order valence-corrected chi connectivity index (χ2v) is 8.42. The van der Waals surface area contributed by atoms with Crippen LogP contribution in [0.1, 0.15) is 35.7 Å². The molecular weight excluding hydrogens is 407 g/mol. The summed E-state index contributed by atoms with van der Waals surface area (Å²) in [4.78, 5) is 13.0. The number of hydrogen-bond acceptors (Lipinski definition) is 5. The molecule has 1 aliphatic heterocycles. The molecule has 1 aromatic carbocycles. The normalized spacial score (nSPS) is 24.5. The van der Waals surface area contributed by atoms with E-state index in [0.29, 0.717) is 11.2 Å². The van der Waals surface area contributed by atoms with Gasteiger partial charge < -0.3 is 15.4 Å². The van der Waals surface area contributed by atoms with Gasteiger partial charge in [0.15, 0.2) is 0 Å². The summed E-state index contributed by atoms with van der Waals surface area (Å²) < 4.78 is 39.7. The van der Waals surface area contributed by atoms with Crippen LogP contribution in [0.15, 0.2) is 36.7 Å². The van der Waals surface area contributed by atoms with Crippen molar-refractivity contribution >= 4 is 16.9 Å². The van der Waals surface area contributed by atoms with Crippen LogP contribution in [0.5, 0.6) is 0 Å². The summed E-state index contributed by atoms with van der Waals surface area (Å²) in [6.45, 7) is 1.90. The molecule has 9 heteroatoms. The monoisotopic (exact) mass is 431 g/mol. The molecule has 3 unspecified atom stereocenters. The molecule has 1 fully saturated rings. The molecule has 0 saturated carbocycles. The predicted octanol–water partition coefficient (Wildman–Crippen LogP) is 3.76. The molecule has 164 valence electrons. The van der Waals surface area contributed by atoms with Crippen molar-refractivity contribution < 1.29 is 18.3 Å². The summed E-state index contributed by atoms with van der Waals surface area (Å²) >= 11 is 0. The number of nitrogens with zero attached hydrogens (tertiary/aromatic N) is 3. The van der Waals surface area contributed by atoms with Gasteiger partial charge in [-0.1, -0.05) is 24.3 Å². The van der Waals surface area contributed by atoms with Gasteiger partial charge >= 0.3 is 6.18 Å². The van der Waals surface area contributed by atoms with E-state index in [1.165, 1.54) is 11.9 Å². The third kappa shape index (κ3) is 3.76. The minimum Gasteiger partial charge on any atom is -0.396 e. The first-order valence-electron chi connectivity index (χ1n) is 10.5. The molecule has 1 saturated heterocycles. The molecule has 31 heavy (non-hydrogen) atoms. The molecule has 0 radical (unpaired) electrons. The first-order chi connectivity index (χ1) is 14.9. The number of nitrogens with one attached hydrogen (secondary N) is 2. The quantitative estimate of drug-likeness (QED) is 0.587. The van der Waals surface area contributed by atoms with E-state index in [2.05, 4.69) is 37.3 Å². The van der Waals surface area contributed by atoms with Crippen molar-refractivity contribution in [2.24, 2.45) is 5.92 Å². The Kier molecular flexibility index (Phi) is 5.10. The van der Waals surface area contributed by atoms with Crippen LogP contribution in [0, 0.1) is 5.92 Å². The summed E-state index contributed by atoms with van der Waals surface area (Å²) in [5, 5.41) is 13.4. The molecule has 0 bridgehead atoms. The number of rotatable bonds is 4. The SMILES string of the molecule is OCC1CCN(C2CCc3ccccc3C2Nc2ncnc3[nH]c(C(F)(F)F)cc23)C1. The van der Waals surface area contributed by atoms with E-state index < -0.39 is 11.9 Å². The Balaban J connectivity index is 1.52. The molecule has 2 aliphatic rings. The Morgan fingerprint density at radius 2 is 2.03 bits per heavy atom. The average Bonchev–Trinajstić information content (AvgIpc) is 3.41. The summed E-state index contributed by atoms with van der Waals surface area (Å²) in [7, 11) is 0. The Labute approximate surface area is 177 Å². The minimum atomic E-state index is -4.48. The van der Waals surface area contributed by atoms with Gasteiger partial charge in [0.25, 0.3) is 0 Å². The summed E-state index contributed by atoms with van der Waals surface area (Å²) in [5.74, 6) is 0.656. The van der Waals surface area contributed by atoms with Crippen molar-refractivity contribution in [1.82, 2.24) is 19.9 Å². The molecule has 0 spiro atoms. The zero-order chi connectivity index (χ0) is 21.6. The van der Waals surface area contributed by atoms with Crippen LogP contribution in [0.4, 0.5) is 19.0 Å². The maximum atomic E-state index is 13.2. The van der Waals surface area contributed by atoms with Crippen molar-refractivity contribution in [1.29, 1.82) is 0 Å². The molecule has 6 nitrogen and oxygen atoms in total. The Morgan fingerprint density at radius 3 is 2.81 bits per heavy atom. The second-order valence-electron chi connectivity index (χ2n) is 8.42. The van der Waals surface area contributed by atoms with Gasteiger partial charge in [-0.05, 0) is 48.9 Å². The van der Waals surface area contributed by atoms with Crippen molar-refractivity contribution in [2.75, 3.05) is 25.0 Å². The van der Waals surface area contributed by atoms with Crippen LogP contribution in [0.3, 0.4) is 0 Å². The fourth-order valence-corrected chi connectivity index (χ4v) is 4.98. The van der Waals surface area contributed by atoms with Crippen LogP contribution in [0.25, 0.3) is 11.0 Å². The van der Waals surface area contributed by atoms with Gasteiger partial charge in [0.2, 0.25) is 0 Å². The van der Waals surface area contributed by atoms with Crippen molar-refractivity contribution in [3.05, 3.63) is 53.5 Å².